The van der Waals surface area contributed by atoms with Gasteiger partial charge in [-0.2, -0.15) is 0 Å². The summed E-state index contributed by atoms with van der Waals surface area (Å²) >= 11 is 0. The van der Waals surface area contributed by atoms with E-state index in [1.165, 1.54) is 14.0 Å². The van der Waals surface area contributed by atoms with Gasteiger partial charge in [0.15, 0.2) is 5.41 Å². The monoisotopic (exact) mass is 232 g/mol. The molecule has 0 aromatic heterocycles. The van der Waals surface area contributed by atoms with Gasteiger partial charge in [0.25, 0.3) is 0 Å². The molecular weight excluding hydrogens is 212 g/mol. The molecule has 0 aliphatic rings. The molecule has 0 radical (unpaired) electrons. The second-order valence-corrected chi connectivity index (χ2v) is 4.59. The van der Waals surface area contributed by atoms with E-state index in [9.17, 15) is 9.59 Å². The number of ether oxygens (including phenoxy) is 2. The molecule has 0 bridgehead atoms. The van der Waals surface area contributed by atoms with E-state index in [-0.39, 0.29) is 6.42 Å². The number of carboxylic acids is 1. The maximum absolute atomic E-state index is 11.4. The Morgan fingerprint density at radius 3 is 1.94 bits per heavy atom. The van der Waals surface area contributed by atoms with Gasteiger partial charge >= 0.3 is 11.9 Å². The van der Waals surface area contributed by atoms with Crippen molar-refractivity contribution in [2.45, 2.75) is 39.2 Å². The van der Waals surface area contributed by atoms with Crippen LogP contribution in [0.3, 0.4) is 0 Å². The standard InChI is InChI=1S/C11H20O5/c1-10(2,16-5)6-7-11(3,8(12)13)9(14)15-4/h6-7H2,1-5H3,(H,12,13). The zero-order chi connectivity index (χ0) is 13.0. The number of carboxylic acid groups (broad SMARTS) is 1. The van der Waals surface area contributed by atoms with Crippen LogP contribution in [-0.4, -0.2) is 36.9 Å². The van der Waals surface area contributed by atoms with E-state index in [1.807, 2.05) is 13.8 Å². The van der Waals surface area contributed by atoms with E-state index >= 15 is 0 Å². The third-order valence-electron chi connectivity index (χ3n) is 2.89. The third-order valence-corrected chi connectivity index (χ3v) is 2.89. The van der Waals surface area contributed by atoms with Crippen LogP contribution < -0.4 is 0 Å². The zero-order valence-electron chi connectivity index (χ0n) is 10.5. The van der Waals surface area contributed by atoms with Crippen molar-refractivity contribution in [1.82, 2.24) is 0 Å². The van der Waals surface area contributed by atoms with Crippen LogP contribution in [0.4, 0.5) is 0 Å². The van der Waals surface area contributed by atoms with Gasteiger partial charge in [0, 0.05) is 7.11 Å². The topological polar surface area (TPSA) is 72.8 Å². The molecule has 1 unspecified atom stereocenters. The number of carbonyl (C=O) groups excluding carboxylic acids is 1. The molecule has 0 aromatic carbocycles. The van der Waals surface area contributed by atoms with E-state index in [1.54, 1.807) is 7.11 Å². The van der Waals surface area contributed by atoms with Crippen LogP contribution in [0.1, 0.15) is 33.6 Å². The molecule has 0 saturated carbocycles. The van der Waals surface area contributed by atoms with Crippen molar-refractivity contribution in [3.8, 4) is 0 Å². The quantitative estimate of drug-likeness (QED) is 0.554. The molecular formula is C11H20O5. The van der Waals surface area contributed by atoms with Gasteiger partial charge in [-0.1, -0.05) is 0 Å². The van der Waals surface area contributed by atoms with E-state index in [4.69, 9.17) is 9.84 Å². The van der Waals surface area contributed by atoms with Crippen LogP contribution in [0.25, 0.3) is 0 Å². The van der Waals surface area contributed by atoms with Gasteiger partial charge < -0.3 is 14.6 Å². The van der Waals surface area contributed by atoms with Crippen LogP contribution in [-0.2, 0) is 19.1 Å². The first-order chi connectivity index (χ1) is 7.19. The fourth-order valence-corrected chi connectivity index (χ4v) is 1.17. The van der Waals surface area contributed by atoms with Gasteiger partial charge in [0.05, 0.1) is 12.7 Å². The van der Waals surface area contributed by atoms with Gasteiger partial charge in [0.1, 0.15) is 0 Å². The molecule has 0 rings (SSSR count). The summed E-state index contributed by atoms with van der Waals surface area (Å²) < 4.78 is 9.70. The summed E-state index contributed by atoms with van der Waals surface area (Å²) in [5.74, 6) is -1.90. The fraction of sp³-hybridized carbons (Fsp3) is 0.818. The molecule has 0 aliphatic heterocycles. The largest absolute Gasteiger partial charge is 0.480 e. The van der Waals surface area contributed by atoms with Crippen LogP contribution in [0.2, 0.25) is 0 Å². The lowest BCUT2D eigenvalue weighted by Gasteiger charge is -2.28. The van der Waals surface area contributed by atoms with Crippen LogP contribution in [0.15, 0.2) is 0 Å². The molecule has 0 amide bonds. The van der Waals surface area contributed by atoms with Gasteiger partial charge in [0.2, 0.25) is 0 Å². The summed E-state index contributed by atoms with van der Waals surface area (Å²) in [5, 5.41) is 9.06. The van der Waals surface area contributed by atoms with Crippen LogP contribution in [0.5, 0.6) is 0 Å². The normalized spacial score (nSPS) is 15.3. The smallest absolute Gasteiger partial charge is 0.322 e. The van der Waals surface area contributed by atoms with E-state index in [2.05, 4.69) is 4.74 Å². The van der Waals surface area contributed by atoms with Crippen LogP contribution in [0, 0.1) is 5.41 Å². The minimum atomic E-state index is -1.51. The van der Waals surface area contributed by atoms with Crippen molar-refractivity contribution >= 4 is 11.9 Å². The number of hydrogen-bond donors (Lipinski definition) is 1. The first kappa shape index (κ1) is 14.9. The van der Waals surface area contributed by atoms with Crippen molar-refractivity contribution in [3.63, 3.8) is 0 Å². The summed E-state index contributed by atoms with van der Waals surface area (Å²) in [4.78, 5) is 22.5. The number of hydrogen-bond acceptors (Lipinski definition) is 4. The minimum Gasteiger partial charge on any atom is -0.480 e. The van der Waals surface area contributed by atoms with Crippen molar-refractivity contribution in [2.24, 2.45) is 5.41 Å². The SMILES string of the molecule is COC(=O)C(C)(CCC(C)(C)OC)C(=O)O. The maximum Gasteiger partial charge on any atom is 0.322 e. The first-order valence-corrected chi connectivity index (χ1v) is 5.06. The Morgan fingerprint density at radius 1 is 1.12 bits per heavy atom. The molecule has 1 N–H and O–H groups in total. The lowest BCUT2D eigenvalue weighted by atomic mass is 9.82. The summed E-state index contributed by atoms with van der Waals surface area (Å²) in [6.45, 7) is 5.05. The Bertz CT molecular complexity index is 272. The molecule has 94 valence electrons. The average Bonchev–Trinajstić information content (AvgIpc) is 2.24. The summed E-state index contributed by atoms with van der Waals surface area (Å²) in [6.07, 6.45) is 0.636. The lowest BCUT2D eigenvalue weighted by Crippen LogP contribution is -2.39. The Morgan fingerprint density at radius 2 is 1.62 bits per heavy atom. The van der Waals surface area contributed by atoms with Gasteiger partial charge in [-0.05, 0) is 33.6 Å². The molecule has 0 fully saturated rings. The van der Waals surface area contributed by atoms with Gasteiger partial charge in [-0.25, -0.2) is 0 Å². The van der Waals surface area contributed by atoms with Crippen LogP contribution >= 0.6 is 0 Å². The Hall–Kier alpha value is -1.10. The number of aliphatic carboxylic acids is 1. The van der Waals surface area contributed by atoms with Gasteiger partial charge in [-0.3, -0.25) is 9.59 Å². The second kappa shape index (κ2) is 5.30. The predicted molar refractivity (Wildman–Crippen MR) is 58.1 cm³/mol. The molecule has 0 saturated heterocycles. The third kappa shape index (κ3) is 3.48. The molecule has 5 heteroatoms. The number of methoxy groups -OCH3 is 2. The summed E-state index contributed by atoms with van der Waals surface area (Å²) in [5.41, 5.74) is -1.96. The average molecular weight is 232 g/mol. The summed E-state index contributed by atoms with van der Waals surface area (Å²) in [7, 11) is 2.74. The highest BCUT2D eigenvalue weighted by atomic mass is 16.5. The predicted octanol–water partition coefficient (Wildman–Crippen LogP) is 1.46. The highest BCUT2D eigenvalue weighted by molar-refractivity contribution is 5.98. The molecule has 0 spiro atoms. The van der Waals surface area contributed by atoms with E-state index < -0.39 is 23.0 Å². The Balaban J connectivity index is 4.72. The Kier molecular flexibility index (Phi) is 4.93. The highest BCUT2D eigenvalue weighted by Gasteiger charge is 2.43. The lowest BCUT2D eigenvalue weighted by molar-refractivity contribution is -0.166. The maximum atomic E-state index is 11.4. The first-order valence-electron chi connectivity index (χ1n) is 5.06. The summed E-state index contributed by atoms with van der Waals surface area (Å²) in [6, 6.07) is 0. The highest BCUT2D eigenvalue weighted by Crippen LogP contribution is 2.29. The molecule has 1 atom stereocenters. The van der Waals surface area contributed by atoms with Crippen molar-refractivity contribution in [3.05, 3.63) is 0 Å². The number of esters is 1. The van der Waals surface area contributed by atoms with E-state index in [0.717, 1.165) is 0 Å². The van der Waals surface area contributed by atoms with Crippen molar-refractivity contribution < 1.29 is 24.2 Å². The molecule has 0 aromatic rings. The zero-order valence-corrected chi connectivity index (χ0v) is 10.5. The Labute approximate surface area is 95.7 Å². The number of carbonyl (C=O) groups is 2. The molecule has 16 heavy (non-hydrogen) atoms. The van der Waals surface area contributed by atoms with E-state index in [0.29, 0.717) is 6.42 Å². The minimum absolute atomic E-state index is 0.176. The molecule has 0 aliphatic carbocycles. The fourth-order valence-electron chi connectivity index (χ4n) is 1.17. The molecule has 0 heterocycles. The van der Waals surface area contributed by atoms with Crippen molar-refractivity contribution in [1.29, 1.82) is 0 Å². The van der Waals surface area contributed by atoms with Crippen molar-refractivity contribution in [2.75, 3.05) is 14.2 Å². The molecule has 5 nitrogen and oxygen atoms in total. The second-order valence-electron chi connectivity index (χ2n) is 4.59. The van der Waals surface area contributed by atoms with Gasteiger partial charge in [-0.15, -0.1) is 0 Å². The number of rotatable bonds is 6.